The largest absolute Gasteiger partial charge is 0.497 e. The molecule has 1 aromatic carbocycles. The molecule has 108 valence electrons. The van der Waals surface area contributed by atoms with Crippen molar-refractivity contribution in [2.24, 2.45) is 0 Å². The van der Waals surface area contributed by atoms with Gasteiger partial charge >= 0.3 is 0 Å². The summed E-state index contributed by atoms with van der Waals surface area (Å²) in [6.07, 6.45) is 2.54. The van der Waals surface area contributed by atoms with Crippen molar-refractivity contribution < 1.29 is 9.47 Å². The third-order valence-electron chi connectivity index (χ3n) is 3.01. The van der Waals surface area contributed by atoms with Crippen LogP contribution in [0.5, 0.6) is 11.5 Å². The predicted molar refractivity (Wildman–Crippen MR) is 76.1 cm³/mol. The molecule has 2 aromatic rings. The monoisotopic (exact) mass is 276 g/mol. The number of aromatic nitrogens is 3. The highest BCUT2D eigenvalue weighted by Crippen LogP contribution is 2.28. The van der Waals surface area contributed by atoms with Crippen LogP contribution in [0.1, 0.15) is 30.8 Å². The first kappa shape index (κ1) is 14.3. The molecule has 2 rings (SSSR count). The van der Waals surface area contributed by atoms with Gasteiger partial charge in [0.25, 0.3) is 0 Å². The molecule has 1 aromatic heterocycles. The van der Waals surface area contributed by atoms with Crippen molar-refractivity contribution in [3.8, 4) is 11.5 Å². The third-order valence-corrected chi connectivity index (χ3v) is 3.01. The van der Waals surface area contributed by atoms with Gasteiger partial charge in [-0.25, -0.2) is 4.98 Å². The Hall–Kier alpha value is -2.08. The van der Waals surface area contributed by atoms with Crippen LogP contribution in [-0.4, -0.2) is 35.9 Å². The molecule has 0 aliphatic carbocycles. The Morgan fingerprint density at radius 1 is 1.20 bits per heavy atom. The van der Waals surface area contributed by atoms with Crippen molar-refractivity contribution in [3.63, 3.8) is 0 Å². The van der Waals surface area contributed by atoms with Crippen molar-refractivity contribution in [2.45, 2.75) is 19.4 Å². The minimum absolute atomic E-state index is 0.0681. The Kier molecular flexibility index (Phi) is 4.95. The molecular weight excluding hydrogens is 256 g/mol. The van der Waals surface area contributed by atoms with E-state index in [0.29, 0.717) is 0 Å². The van der Waals surface area contributed by atoms with Gasteiger partial charge in [-0.3, -0.25) is 5.10 Å². The second kappa shape index (κ2) is 6.91. The molecule has 6 nitrogen and oxygen atoms in total. The lowest BCUT2D eigenvalue weighted by Crippen LogP contribution is -2.24. The van der Waals surface area contributed by atoms with E-state index in [2.05, 4.69) is 27.4 Å². The van der Waals surface area contributed by atoms with E-state index in [9.17, 15) is 0 Å². The topological polar surface area (TPSA) is 72.1 Å². The summed E-state index contributed by atoms with van der Waals surface area (Å²) in [5, 5.41) is 10.3. The summed E-state index contributed by atoms with van der Waals surface area (Å²) < 4.78 is 10.6. The smallest absolute Gasteiger partial charge is 0.145 e. The van der Waals surface area contributed by atoms with Crippen LogP contribution < -0.4 is 14.8 Å². The number of hydrogen-bond acceptors (Lipinski definition) is 5. The first-order valence-corrected chi connectivity index (χ1v) is 6.60. The molecule has 0 spiro atoms. The standard InChI is InChI=1S/C14H20N4O2/c1-4-5-15-13(14-16-9-17-18-14)10-6-11(19-2)8-12(7-10)20-3/h6-9,13,15H,4-5H2,1-3H3,(H,16,17,18). The quantitative estimate of drug-likeness (QED) is 0.808. The minimum atomic E-state index is -0.0681. The highest BCUT2D eigenvalue weighted by atomic mass is 16.5. The molecule has 1 unspecified atom stereocenters. The van der Waals surface area contributed by atoms with Gasteiger partial charge in [0.05, 0.1) is 20.3 Å². The molecule has 20 heavy (non-hydrogen) atoms. The molecule has 0 aliphatic rings. The van der Waals surface area contributed by atoms with Crippen molar-refractivity contribution >= 4 is 0 Å². The van der Waals surface area contributed by atoms with E-state index in [1.54, 1.807) is 14.2 Å². The number of rotatable bonds is 7. The zero-order valence-electron chi connectivity index (χ0n) is 12.0. The maximum Gasteiger partial charge on any atom is 0.145 e. The van der Waals surface area contributed by atoms with Gasteiger partial charge in [0, 0.05) is 6.07 Å². The molecule has 2 N–H and O–H groups in total. The highest BCUT2D eigenvalue weighted by Gasteiger charge is 2.18. The van der Waals surface area contributed by atoms with Crippen molar-refractivity contribution in [1.29, 1.82) is 0 Å². The molecule has 0 fully saturated rings. The van der Waals surface area contributed by atoms with Crippen LogP contribution in [0.4, 0.5) is 0 Å². The van der Waals surface area contributed by atoms with Crippen LogP contribution in [0.2, 0.25) is 0 Å². The van der Waals surface area contributed by atoms with Crippen LogP contribution >= 0.6 is 0 Å². The van der Waals surface area contributed by atoms with Gasteiger partial charge in [0.2, 0.25) is 0 Å². The lowest BCUT2D eigenvalue weighted by Gasteiger charge is -2.18. The molecule has 6 heteroatoms. The van der Waals surface area contributed by atoms with E-state index >= 15 is 0 Å². The fourth-order valence-electron chi connectivity index (χ4n) is 2.01. The molecule has 0 saturated heterocycles. The van der Waals surface area contributed by atoms with Crippen LogP contribution in [0, 0.1) is 0 Å². The van der Waals surface area contributed by atoms with E-state index in [0.717, 1.165) is 35.9 Å². The van der Waals surface area contributed by atoms with E-state index in [1.165, 1.54) is 6.33 Å². The van der Waals surface area contributed by atoms with Gasteiger partial charge in [-0.1, -0.05) is 6.92 Å². The summed E-state index contributed by atoms with van der Waals surface area (Å²) in [4.78, 5) is 4.25. The van der Waals surface area contributed by atoms with Gasteiger partial charge in [0.1, 0.15) is 23.7 Å². The lowest BCUT2D eigenvalue weighted by atomic mass is 10.1. The number of ether oxygens (including phenoxy) is 2. The Bertz CT molecular complexity index is 506. The molecule has 1 atom stereocenters. The zero-order valence-corrected chi connectivity index (χ0v) is 12.0. The molecule has 0 bridgehead atoms. The molecular formula is C14H20N4O2. The van der Waals surface area contributed by atoms with Gasteiger partial charge in [-0.15, -0.1) is 0 Å². The fourth-order valence-corrected chi connectivity index (χ4v) is 2.01. The molecule has 0 amide bonds. The first-order chi connectivity index (χ1) is 9.78. The predicted octanol–water partition coefficient (Wildman–Crippen LogP) is 1.91. The normalized spacial score (nSPS) is 12.2. The van der Waals surface area contributed by atoms with Gasteiger partial charge in [-0.05, 0) is 30.7 Å². The number of nitrogens with zero attached hydrogens (tertiary/aromatic N) is 2. The van der Waals surface area contributed by atoms with E-state index in [4.69, 9.17) is 9.47 Å². The number of hydrogen-bond donors (Lipinski definition) is 2. The fraction of sp³-hybridized carbons (Fsp3) is 0.429. The maximum absolute atomic E-state index is 5.32. The van der Waals surface area contributed by atoms with E-state index in [-0.39, 0.29) is 6.04 Å². The Morgan fingerprint density at radius 3 is 2.40 bits per heavy atom. The first-order valence-electron chi connectivity index (χ1n) is 6.60. The summed E-state index contributed by atoms with van der Waals surface area (Å²) in [5.74, 6) is 2.28. The van der Waals surface area contributed by atoms with Crippen LogP contribution in [0.15, 0.2) is 24.5 Å². The lowest BCUT2D eigenvalue weighted by molar-refractivity contribution is 0.392. The molecule has 0 aliphatic heterocycles. The number of H-pyrrole nitrogens is 1. The van der Waals surface area contributed by atoms with E-state index in [1.807, 2.05) is 18.2 Å². The summed E-state index contributed by atoms with van der Waals surface area (Å²) in [7, 11) is 3.28. The SMILES string of the molecule is CCCNC(c1cc(OC)cc(OC)c1)c1ncn[nH]1. The van der Waals surface area contributed by atoms with Crippen molar-refractivity contribution in [2.75, 3.05) is 20.8 Å². The Morgan fingerprint density at radius 2 is 1.90 bits per heavy atom. The summed E-state index contributed by atoms with van der Waals surface area (Å²) in [5.41, 5.74) is 1.02. The number of methoxy groups -OCH3 is 2. The maximum atomic E-state index is 5.32. The molecule has 0 radical (unpaired) electrons. The third kappa shape index (κ3) is 3.27. The molecule has 1 heterocycles. The minimum Gasteiger partial charge on any atom is -0.497 e. The average Bonchev–Trinajstić information content (AvgIpc) is 3.01. The number of aromatic amines is 1. The summed E-state index contributed by atoms with van der Waals surface area (Å²) in [6.45, 7) is 3.00. The van der Waals surface area contributed by atoms with E-state index < -0.39 is 0 Å². The van der Waals surface area contributed by atoms with Crippen LogP contribution in [0.3, 0.4) is 0 Å². The van der Waals surface area contributed by atoms with Crippen molar-refractivity contribution in [3.05, 3.63) is 35.9 Å². The number of benzene rings is 1. The number of nitrogens with one attached hydrogen (secondary N) is 2. The van der Waals surface area contributed by atoms with Gasteiger partial charge in [-0.2, -0.15) is 5.10 Å². The summed E-state index contributed by atoms with van der Waals surface area (Å²) >= 11 is 0. The highest BCUT2D eigenvalue weighted by molar-refractivity contribution is 5.41. The van der Waals surface area contributed by atoms with Gasteiger partial charge < -0.3 is 14.8 Å². The van der Waals surface area contributed by atoms with Crippen molar-refractivity contribution in [1.82, 2.24) is 20.5 Å². The Labute approximate surface area is 118 Å². The van der Waals surface area contributed by atoms with Crippen LogP contribution in [-0.2, 0) is 0 Å². The Balaban J connectivity index is 2.37. The summed E-state index contributed by atoms with van der Waals surface area (Å²) in [6, 6.07) is 5.72. The van der Waals surface area contributed by atoms with Gasteiger partial charge in [0.15, 0.2) is 0 Å². The van der Waals surface area contributed by atoms with Crippen LogP contribution in [0.25, 0.3) is 0 Å². The molecule has 0 saturated carbocycles. The zero-order chi connectivity index (χ0) is 14.4. The second-order valence-electron chi connectivity index (χ2n) is 4.40. The second-order valence-corrected chi connectivity index (χ2v) is 4.40. The average molecular weight is 276 g/mol.